The number of ether oxygens (including phenoxy) is 2. The van der Waals surface area contributed by atoms with Gasteiger partial charge in [-0.1, -0.05) is 0 Å². The second-order valence-electron chi connectivity index (χ2n) is 9.24. The molecule has 174 valence electrons. The molecule has 0 spiro atoms. The van der Waals surface area contributed by atoms with Gasteiger partial charge in [0.05, 0.1) is 30.7 Å². The zero-order valence-corrected chi connectivity index (χ0v) is 19.8. The molecule has 1 aromatic carbocycles. The van der Waals surface area contributed by atoms with E-state index in [2.05, 4.69) is 31.7 Å². The van der Waals surface area contributed by atoms with Gasteiger partial charge in [0.1, 0.15) is 22.9 Å². The first-order valence-electron chi connectivity index (χ1n) is 11.3. The van der Waals surface area contributed by atoms with Crippen molar-refractivity contribution in [3.63, 3.8) is 0 Å². The van der Waals surface area contributed by atoms with E-state index in [0.717, 1.165) is 46.3 Å². The van der Waals surface area contributed by atoms with Crippen LogP contribution in [0.2, 0.25) is 0 Å². The molecule has 8 heteroatoms. The summed E-state index contributed by atoms with van der Waals surface area (Å²) in [6.07, 6.45) is 8.23. The molecule has 1 unspecified atom stereocenters. The highest BCUT2D eigenvalue weighted by molar-refractivity contribution is 5.98. The molecule has 3 aliphatic rings. The molecule has 0 amide bonds. The SMILES string of the molecule is Cc1ccc(Oc2ccc(N=C3N=CNC4=CC=C(NC5=NCC(C)(C)O5)CC43)cc2C)cn1. The van der Waals surface area contributed by atoms with Gasteiger partial charge in [-0.25, -0.2) is 15.0 Å². The van der Waals surface area contributed by atoms with Crippen LogP contribution >= 0.6 is 0 Å². The van der Waals surface area contributed by atoms with Crippen molar-refractivity contribution in [2.24, 2.45) is 20.9 Å². The molecule has 3 heterocycles. The number of hydrogen-bond acceptors (Lipinski definition) is 7. The van der Waals surface area contributed by atoms with Crippen molar-refractivity contribution in [1.29, 1.82) is 0 Å². The third kappa shape index (κ3) is 4.85. The number of allylic oxidation sites excluding steroid dienone is 3. The van der Waals surface area contributed by atoms with Crippen molar-refractivity contribution in [2.45, 2.75) is 39.7 Å². The molecule has 0 bridgehead atoms. The summed E-state index contributed by atoms with van der Waals surface area (Å²) >= 11 is 0. The molecule has 2 aliphatic heterocycles. The molecular formula is C26H28N6O2. The van der Waals surface area contributed by atoms with Gasteiger partial charge < -0.3 is 20.1 Å². The molecule has 0 radical (unpaired) electrons. The van der Waals surface area contributed by atoms with Gasteiger partial charge in [0.15, 0.2) is 0 Å². The highest BCUT2D eigenvalue weighted by Gasteiger charge is 2.31. The number of aryl methyl sites for hydroxylation is 2. The molecule has 2 aromatic rings. The molecule has 8 nitrogen and oxygen atoms in total. The van der Waals surface area contributed by atoms with Crippen LogP contribution in [0.5, 0.6) is 11.5 Å². The maximum absolute atomic E-state index is 5.99. The highest BCUT2D eigenvalue weighted by Crippen LogP contribution is 2.31. The van der Waals surface area contributed by atoms with Crippen LogP contribution < -0.4 is 15.4 Å². The monoisotopic (exact) mass is 456 g/mol. The Hall–Kier alpha value is -3.94. The number of fused-ring (bicyclic) bond motifs is 1. The average molecular weight is 457 g/mol. The Balaban J connectivity index is 1.31. The highest BCUT2D eigenvalue weighted by atomic mass is 16.5. The topological polar surface area (TPSA) is 92.5 Å². The maximum Gasteiger partial charge on any atom is 0.289 e. The molecular weight excluding hydrogens is 428 g/mol. The summed E-state index contributed by atoms with van der Waals surface area (Å²) in [6.45, 7) is 8.65. The molecule has 0 saturated carbocycles. The Kier molecular flexibility index (Phi) is 5.65. The molecule has 1 atom stereocenters. The van der Waals surface area contributed by atoms with Gasteiger partial charge in [-0.2, -0.15) is 0 Å². The number of rotatable bonds is 4. The fourth-order valence-electron chi connectivity index (χ4n) is 3.93. The van der Waals surface area contributed by atoms with Crippen LogP contribution in [-0.4, -0.2) is 35.3 Å². The number of aromatic nitrogens is 1. The number of nitrogens with one attached hydrogen (secondary N) is 2. The molecule has 2 N–H and O–H groups in total. The zero-order chi connectivity index (χ0) is 23.7. The molecule has 5 rings (SSSR count). The minimum atomic E-state index is -0.272. The smallest absolute Gasteiger partial charge is 0.289 e. The number of amidine groups is 2. The summed E-state index contributed by atoms with van der Waals surface area (Å²) < 4.78 is 11.9. The predicted molar refractivity (Wildman–Crippen MR) is 134 cm³/mol. The van der Waals surface area contributed by atoms with Crippen molar-refractivity contribution in [2.75, 3.05) is 6.54 Å². The van der Waals surface area contributed by atoms with Crippen LogP contribution in [0.3, 0.4) is 0 Å². The minimum absolute atomic E-state index is 0.0161. The van der Waals surface area contributed by atoms with E-state index in [-0.39, 0.29) is 11.5 Å². The average Bonchev–Trinajstić information content (AvgIpc) is 3.15. The van der Waals surface area contributed by atoms with Gasteiger partial charge in [0.25, 0.3) is 6.02 Å². The lowest BCUT2D eigenvalue weighted by molar-refractivity contribution is 0.125. The Morgan fingerprint density at radius 2 is 2.06 bits per heavy atom. The second-order valence-corrected chi connectivity index (χ2v) is 9.24. The van der Waals surface area contributed by atoms with E-state index in [1.54, 1.807) is 12.5 Å². The number of nitrogens with zero attached hydrogens (tertiary/aromatic N) is 4. The first kappa shape index (κ1) is 21.9. The summed E-state index contributed by atoms with van der Waals surface area (Å²) in [5, 5.41) is 6.57. The van der Waals surface area contributed by atoms with E-state index in [4.69, 9.17) is 14.5 Å². The first-order chi connectivity index (χ1) is 16.3. The largest absolute Gasteiger partial charge is 0.457 e. The van der Waals surface area contributed by atoms with E-state index < -0.39 is 0 Å². The van der Waals surface area contributed by atoms with E-state index in [1.807, 2.05) is 64.1 Å². The van der Waals surface area contributed by atoms with Crippen LogP contribution in [0, 0.1) is 19.8 Å². The van der Waals surface area contributed by atoms with Gasteiger partial charge >= 0.3 is 0 Å². The van der Waals surface area contributed by atoms with Crippen LogP contribution in [0.1, 0.15) is 31.5 Å². The normalized spacial score (nSPS) is 21.6. The summed E-state index contributed by atoms with van der Waals surface area (Å²) in [5.41, 5.74) is 4.58. The lowest BCUT2D eigenvalue weighted by atomic mass is 9.92. The van der Waals surface area contributed by atoms with E-state index >= 15 is 0 Å². The van der Waals surface area contributed by atoms with Gasteiger partial charge in [-0.3, -0.25) is 4.98 Å². The van der Waals surface area contributed by atoms with Crippen LogP contribution in [-0.2, 0) is 4.74 Å². The third-order valence-corrected chi connectivity index (χ3v) is 5.76. The summed E-state index contributed by atoms with van der Waals surface area (Å²) in [5.74, 6) is 2.25. The first-order valence-corrected chi connectivity index (χ1v) is 11.3. The molecule has 34 heavy (non-hydrogen) atoms. The molecule has 0 saturated heterocycles. The van der Waals surface area contributed by atoms with E-state index in [1.165, 1.54) is 0 Å². The van der Waals surface area contributed by atoms with Crippen molar-refractivity contribution in [3.05, 3.63) is 71.3 Å². The Morgan fingerprint density at radius 1 is 1.18 bits per heavy atom. The minimum Gasteiger partial charge on any atom is -0.457 e. The quantitative estimate of drug-likeness (QED) is 0.696. The van der Waals surface area contributed by atoms with Crippen LogP contribution in [0.15, 0.2) is 75.1 Å². The van der Waals surface area contributed by atoms with Gasteiger partial charge in [0.2, 0.25) is 0 Å². The summed E-state index contributed by atoms with van der Waals surface area (Å²) in [7, 11) is 0. The van der Waals surface area contributed by atoms with Crippen molar-refractivity contribution in [3.8, 4) is 11.5 Å². The Labute approximate surface area is 199 Å². The Bertz CT molecular complexity index is 1250. The van der Waals surface area contributed by atoms with Gasteiger partial charge in [-0.15, -0.1) is 0 Å². The van der Waals surface area contributed by atoms with Gasteiger partial charge in [0, 0.05) is 23.5 Å². The second kappa shape index (κ2) is 8.78. The standard InChI is InChI=1S/C26H28N6O2/c1-16-11-18(7-10-23(16)33-20-8-5-17(2)27-13-20)31-24-21-12-19(6-9-22(21)29-15-30-24)32-25-28-14-26(3,4)34-25/h5-11,13,15,21H,12,14H2,1-4H3,(H,28,32)(H,29,30,31). The lowest BCUT2D eigenvalue weighted by Gasteiger charge is -2.28. The molecule has 1 aliphatic carbocycles. The predicted octanol–water partition coefficient (Wildman–Crippen LogP) is 4.69. The fourth-order valence-corrected chi connectivity index (χ4v) is 3.93. The maximum atomic E-state index is 5.99. The number of hydrogen-bond donors (Lipinski definition) is 2. The van der Waals surface area contributed by atoms with Crippen LogP contribution in [0.25, 0.3) is 0 Å². The fraction of sp³-hybridized carbons (Fsp3) is 0.308. The van der Waals surface area contributed by atoms with E-state index in [9.17, 15) is 0 Å². The number of pyridine rings is 1. The lowest BCUT2D eigenvalue weighted by Crippen LogP contribution is -2.36. The molecule has 0 fully saturated rings. The van der Waals surface area contributed by atoms with Crippen molar-refractivity contribution in [1.82, 2.24) is 15.6 Å². The van der Waals surface area contributed by atoms with Crippen molar-refractivity contribution < 1.29 is 9.47 Å². The summed E-state index contributed by atoms with van der Waals surface area (Å²) in [4.78, 5) is 18.2. The van der Waals surface area contributed by atoms with Crippen LogP contribution in [0.4, 0.5) is 5.69 Å². The molecule has 1 aromatic heterocycles. The van der Waals surface area contributed by atoms with Crippen molar-refractivity contribution >= 4 is 23.9 Å². The number of benzene rings is 1. The summed E-state index contributed by atoms with van der Waals surface area (Å²) in [6, 6.07) is 10.3. The van der Waals surface area contributed by atoms with E-state index in [0.29, 0.717) is 18.3 Å². The Morgan fingerprint density at radius 3 is 2.79 bits per heavy atom. The third-order valence-electron chi connectivity index (χ3n) is 5.76. The van der Waals surface area contributed by atoms with Gasteiger partial charge in [-0.05, 0) is 75.7 Å². The number of aliphatic imine (C=N–C) groups is 3. The zero-order valence-electron chi connectivity index (χ0n) is 19.8.